The van der Waals surface area contributed by atoms with Crippen LogP contribution in [0.25, 0.3) is 5.76 Å². The number of ketones is 1. The number of Topliss-reactive ketones (excluding diaryl/α,β-unsaturated/α-hetero) is 1. The van der Waals surface area contributed by atoms with Gasteiger partial charge in [0.05, 0.1) is 16.5 Å². The van der Waals surface area contributed by atoms with Gasteiger partial charge in [0.25, 0.3) is 17.4 Å². The number of aliphatic hydroxyl groups is 1. The predicted molar refractivity (Wildman–Crippen MR) is 124 cm³/mol. The number of carbonyl (C=O) groups is 2. The average molecular weight is 463 g/mol. The number of aliphatic hydroxyl groups excluding tert-OH is 1. The molecule has 3 aromatic carbocycles. The zero-order chi connectivity index (χ0) is 23.5. The minimum Gasteiger partial charge on any atom is -0.507 e. The lowest BCUT2D eigenvalue weighted by Gasteiger charge is -2.25. The van der Waals surface area contributed by atoms with Crippen LogP contribution in [0.1, 0.15) is 22.7 Å². The van der Waals surface area contributed by atoms with Gasteiger partial charge in [-0.15, -0.1) is 0 Å². The van der Waals surface area contributed by atoms with Crippen LogP contribution in [0.15, 0.2) is 84.4 Å². The lowest BCUT2D eigenvalue weighted by molar-refractivity contribution is -0.384. The van der Waals surface area contributed by atoms with Crippen LogP contribution in [0, 0.1) is 10.1 Å². The summed E-state index contributed by atoms with van der Waals surface area (Å²) in [5.74, 6) is -1.96. The number of nitro groups is 1. The topological polar surface area (TPSA) is 101 Å². The van der Waals surface area contributed by atoms with Crippen LogP contribution in [-0.2, 0) is 16.0 Å². The number of carbonyl (C=O) groups excluding carboxylic acids is 2. The third-order valence-electron chi connectivity index (χ3n) is 5.54. The Morgan fingerprint density at radius 3 is 2.36 bits per heavy atom. The van der Waals surface area contributed by atoms with Crippen molar-refractivity contribution in [2.45, 2.75) is 12.5 Å². The molecule has 1 amide bonds. The van der Waals surface area contributed by atoms with Gasteiger partial charge < -0.3 is 10.0 Å². The standard InChI is InChI=1S/C25H19ClN2O5/c26-19-11-9-17(10-12-19)23(29)21-22(18-7-4-8-20(15-18)28(32)33)27(25(31)24(21)30)14-13-16-5-2-1-3-6-16/h1-12,15,22,29H,13-14H2/b23-21-. The Morgan fingerprint density at radius 2 is 1.70 bits per heavy atom. The van der Waals surface area contributed by atoms with E-state index in [4.69, 9.17) is 11.6 Å². The summed E-state index contributed by atoms with van der Waals surface area (Å²) in [6.07, 6.45) is 0.472. The van der Waals surface area contributed by atoms with Gasteiger partial charge in [-0.25, -0.2) is 0 Å². The molecule has 0 saturated carbocycles. The van der Waals surface area contributed by atoms with E-state index in [-0.39, 0.29) is 23.6 Å². The first-order valence-corrected chi connectivity index (χ1v) is 10.6. The van der Waals surface area contributed by atoms with E-state index >= 15 is 0 Å². The molecule has 1 saturated heterocycles. The normalized spacial score (nSPS) is 17.4. The van der Waals surface area contributed by atoms with Gasteiger partial charge in [-0.1, -0.05) is 54.1 Å². The van der Waals surface area contributed by atoms with E-state index in [1.807, 2.05) is 30.3 Å². The molecule has 8 heteroatoms. The SMILES string of the molecule is O=C1C(=O)N(CCc2ccccc2)C(c2cccc([N+](=O)[O-])c2)/C1=C(/O)c1ccc(Cl)cc1. The largest absolute Gasteiger partial charge is 0.507 e. The third kappa shape index (κ3) is 4.49. The number of hydrogen-bond acceptors (Lipinski definition) is 5. The molecule has 1 atom stereocenters. The van der Waals surface area contributed by atoms with Crippen molar-refractivity contribution in [2.75, 3.05) is 6.54 Å². The minimum atomic E-state index is -0.968. The van der Waals surface area contributed by atoms with Crippen molar-refractivity contribution >= 4 is 34.7 Å². The Hall–Kier alpha value is -3.97. The summed E-state index contributed by atoms with van der Waals surface area (Å²) in [4.78, 5) is 38.2. The molecule has 0 aliphatic carbocycles. The average Bonchev–Trinajstić information content (AvgIpc) is 3.08. The molecule has 166 valence electrons. The molecule has 1 fully saturated rings. The fourth-order valence-electron chi connectivity index (χ4n) is 3.92. The van der Waals surface area contributed by atoms with Crippen LogP contribution < -0.4 is 0 Å². The van der Waals surface area contributed by atoms with Gasteiger partial charge in [0.1, 0.15) is 5.76 Å². The summed E-state index contributed by atoms with van der Waals surface area (Å²) < 4.78 is 0. The highest BCUT2D eigenvalue weighted by atomic mass is 35.5. The molecular formula is C25H19ClN2O5. The van der Waals surface area contributed by atoms with Gasteiger partial charge in [0, 0.05) is 29.3 Å². The maximum absolute atomic E-state index is 13.0. The molecule has 0 aromatic heterocycles. The van der Waals surface area contributed by atoms with Gasteiger partial charge in [-0.05, 0) is 41.8 Å². The van der Waals surface area contributed by atoms with Gasteiger partial charge >= 0.3 is 0 Å². The second kappa shape index (κ2) is 9.26. The highest BCUT2D eigenvalue weighted by molar-refractivity contribution is 6.46. The van der Waals surface area contributed by atoms with E-state index in [1.165, 1.54) is 23.1 Å². The number of hydrogen-bond donors (Lipinski definition) is 1. The molecule has 33 heavy (non-hydrogen) atoms. The fourth-order valence-corrected chi connectivity index (χ4v) is 4.05. The first kappa shape index (κ1) is 22.2. The highest BCUT2D eigenvalue weighted by Gasteiger charge is 2.46. The van der Waals surface area contributed by atoms with Crippen LogP contribution in [0.5, 0.6) is 0 Å². The summed E-state index contributed by atoms with van der Waals surface area (Å²) in [7, 11) is 0. The third-order valence-corrected chi connectivity index (χ3v) is 5.79. The van der Waals surface area contributed by atoms with Crippen molar-refractivity contribution in [2.24, 2.45) is 0 Å². The Kier molecular flexibility index (Phi) is 6.24. The molecule has 0 bridgehead atoms. The number of nitrogens with zero attached hydrogens (tertiary/aromatic N) is 2. The number of halogens is 1. The van der Waals surface area contributed by atoms with Crippen molar-refractivity contribution in [3.05, 3.63) is 116 Å². The first-order chi connectivity index (χ1) is 15.9. The van der Waals surface area contributed by atoms with E-state index in [0.717, 1.165) is 5.56 Å². The summed E-state index contributed by atoms with van der Waals surface area (Å²) in [5.41, 5.74) is 1.36. The number of non-ortho nitro benzene ring substituents is 1. The lowest BCUT2D eigenvalue weighted by atomic mass is 9.95. The van der Waals surface area contributed by atoms with Crippen molar-refractivity contribution in [1.29, 1.82) is 0 Å². The van der Waals surface area contributed by atoms with Crippen LogP contribution >= 0.6 is 11.6 Å². The molecule has 1 unspecified atom stereocenters. The Bertz CT molecular complexity index is 1260. The van der Waals surface area contributed by atoms with E-state index in [9.17, 15) is 24.8 Å². The van der Waals surface area contributed by atoms with Gasteiger partial charge in [-0.3, -0.25) is 19.7 Å². The van der Waals surface area contributed by atoms with E-state index in [1.54, 1.807) is 30.3 Å². The fraction of sp³-hybridized carbons (Fsp3) is 0.120. The van der Waals surface area contributed by atoms with Crippen molar-refractivity contribution in [1.82, 2.24) is 4.90 Å². The van der Waals surface area contributed by atoms with E-state index in [2.05, 4.69) is 0 Å². The summed E-state index contributed by atoms with van der Waals surface area (Å²) in [5, 5.41) is 22.8. The van der Waals surface area contributed by atoms with E-state index < -0.39 is 22.7 Å². The van der Waals surface area contributed by atoms with Crippen molar-refractivity contribution < 1.29 is 19.6 Å². The second-order valence-electron chi connectivity index (χ2n) is 7.59. The Labute approximate surface area is 194 Å². The minimum absolute atomic E-state index is 0.115. The summed E-state index contributed by atoms with van der Waals surface area (Å²) in [6, 6.07) is 20.4. The lowest BCUT2D eigenvalue weighted by Crippen LogP contribution is -2.31. The summed E-state index contributed by atoms with van der Waals surface area (Å²) in [6.45, 7) is 0.194. The predicted octanol–water partition coefficient (Wildman–Crippen LogP) is 4.91. The molecular weight excluding hydrogens is 444 g/mol. The highest BCUT2D eigenvalue weighted by Crippen LogP contribution is 2.40. The molecule has 1 aliphatic heterocycles. The van der Waals surface area contributed by atoms with Crippen LogP contribution in [-0.4, -0.2) is 33.2 Å². The first-order valence-electron chi connectivity index (χ1n) is 10.2. The van der Waals surface area contributed by atoms with Crippen LogP contribution in [0.3, 0.4) is 0 Å². The molecule has 0 radical (unpaired) electrons. The zero-order valence-corrected chi connectivity index (χ0v) is 18.1. The molecule has 3 aromatic rings. The van der Waals surface area contributed by atoms with Crippen molar-refractivity contribution in [3.63, 3.8) is 0 Å². The molecule has 7 nitrogen and oxygen atoms in total. The van der Waals surface area contributed by atoms with E-state index in [0.29, 0.717) is 22.6 Å². The van der Waals surface area contributed by atoms with Gasteiger partial charge in [0.2, 0.25) is 0 Å². The number of benzene rings is 3. The van der Waals surface area contributed by atoms with Crippen LogP contribution in [0.2, 0.25) is 5.02 Å². The maximum Gasteiger partial charge on any atom is 0.295 e. The summed E-state index contributed by atoms with van der Waals surface area (Å²) >= 11 is 5.93. The Morgan fingerprint density at radius 1 is 1.00 bits per heavy atom. The maximum atomic E-state index is 13.0. The van der Waals surface area contributed by atoms with Gasteiger partial charge in [-0.2, -0.15) is 0 Å². The zero-order valence-electron chi connectivity index (χ0n) is 17.3. The van der Waals surface area contributed by atoms with Crippen molar-refractivity contribution in [3.8, 4) is 0 Å². The number of amides is 1. The number of likely N-dealkylation sites (tertiary alicyclic amines) is 1. The number of rotatable bonds is 6. The molecule has 0 spiro atoms. The molecule has 1 aliphatic rings. The monoisotopic (exact) mass is 462 g/mol. The molecule has 1 N–H and O–H groups in total. The second-order valence-corrected chi connectivity index (χ2v) is 8.02. The van der Waals surface area contributed by atoms with Crippen LogP contribution in [0.4, 0.5) is 5.69 Å². The number of nitro benzene ring substituents is 1. The van der Waals surface area contributed by atoms with Gasteiger partial charge in [0.15, 0.2) is 0 Å². The Balaban J connectivity index is 1.82. The molecule has 1 heterocycles. The molecule has 4 rings (SSSR count). The quantitative estimate of drug-likeness (QED) is 0.184. The smallest absolute Gasteiger partial charge is 0.295 e.